The molecule has 278 valence electrons. The van der Waals surface area contributed by atoms with Crippen LogP contribution in [0.3, 0.4) is 0 Å². The molecule has 5 aliphatic rings. The van der Waals surface area contributed by atoms with E-state index in [1.807, 2.05) is 43.7 Å². The molecule has 4 heterocycles. The SMILES string of the molecule is C[C@@H]1[C@@H](C)CCC[C@@](O)(CN2CCc3cncc[n+]3C2)[C@@H]2CC[C@H]2CN2C[C@@]3(CCCc4cc(Cl)ccc43)COc3ccc(cc32)C(=O)NS1(=O)=O. The van der Waals surface area contributed by atoms with E-state index in [1.54, 1.807) is 13.0 Å². The molecule has 52 heavy (non-hydrogen) atoms. The zero-order chi connectivity index (χ0) is 36.3. The monoisotopic (exact) mass is 748 g/mol. The fourth-order valence-corrected chi connectivity index (χ4v) is 11.3. The summed E-state index contributed by atoms with van der Waals surface area (Å²) in [7, 11) is -3.96. The molecule has 8 rings (SSSR count). The van der Waals surface area contributed by atoms with Gasteiger partial charge in [-0.25, -0.2) is 18.0 Å². The molecule has 1 aromatic heterocycles. The number of sulfonamides is 1. The van der Waals surface area contributed by atoms with Crippen LogP contribution in [0.15, 0.2) is 55.0 Å². The number of aryl methyl sites for hydroxylation is 1. The number of hydrogen-bond donors (Lipinski definition) is 2. The number of anilines is 1. The maximum Gasteiger partial charge on any atom is 0.264 e. The minimum atomic E-state index is -3.96. The normalized spacial score (nSPS) is 31.9. The van der Waals surface area contributed by atoms with Gasteiger partial charge in [0.25, 0.3) is 5.91 Å². The highest BCUT2D eigenvalue weighted by atomic mass is 35.5. The van der Waals surface area contributed by atoms with Crippen LogP contribution in [0, 0.1) is 17.8 Å². The number of aliphatic hydroxyl groups is 1. The minimum Gasteiger partial charge on any atom is -0.490 e. The molecule has 0 saturated heterocycles. The van der Waals surface area contributed by atoms with Crippen molar-refractivity contribution in [3.63, 3.8) is 0 Å². The quantitative estimate of drug-likeness (QED) is 0.351. The van der Waals surface area contributed by atoms with Crippen molar-refractivity contribution >= 4 is 33.2 Å². The predicted molar refractivity (Wildman–Crippen MR) is 200 cm³/mol. The van der Waals surface area contributed by atoms with Gasteiger partial charge in [-0.3, -0.25) is 9.78 Å². The smallest absolute Gasteiger partial charge is 0.264 e. The van der Waals surface area contributed by atoms with Crippen molar-refractivity contribution in [3.8, 4) is 5.75 Å². The third-order valence-electron chi connectivity index (χ3n) is 13.1. The van der Waals surface area contributed by atoms with Gasteiger partial charge in [0.15, 0.2) is 6.20 Å². The third-order valence-corrected chi connectivity index (χ3v) is 15.3. The van der Waals surface area contributed by atoms with Gasteiger partial charge >= 0.3 is 0 Å². The highest BCUT2D eigenvalue weighted by Gasteiger charge is 2.50. The van der Waals surface area contributed by atoms with Gasteiger partial charge in [0.2, 0.25) is 22.4 Å². The zero-order valence-electron chi connectivity index (χ0n) is 30.3. The lowest BCUT2D eigenvalue weighted by Crippen LogP contribution is -2.60. The Balaban J connectivity index is 1.17. The highest BCUT2D eigenvalue weighted by molar-refractivity contribution is 7.90. The van der Waals surface area contributed by atoms with E-state index in [9.17, 15) is 18.3 Å². The molecule has 3 aromatic rings. The number of β-amino-alcohol motifs (C(OH)–C–C–N with tert-alkyl or cyclic N) is 1. The van der Waals surface area contributed by atoms with Crippen LogP contribution in [0.2, 0.25) is 5.02 Å². The number of aromatic nitrogens is 2. The topological polar surface area (TPSA) is 116 Å². The van der Waals surface area contributed by atoms with Crippen molar-refractivity contribution in [2.24, 2.45) is 17.8 Å². The van der Waals surface area contributed by atoms with E-state index in [4.69, 9.17) is 16.3 Å². The lowest BCUT2D eigenvalue weighted by Gasteiger charge is -2.51. The van der Waals surface area contributed by atoms with Crippen molar-refractivity contribution in [1.82, 2.24) is 14.6 Å². The van der Waals surface area contributed by atoms with E-state index in [0.29, 0.717) is 57.9 Å². The van der Waals surface area contributed by atoms with Gasteiger partial charge in [0.1, 0.15) is 5.75 Å². The number of carbonyl (C=O) groups excluding carboxylic acids is 1. The van der Waals surface area contributed by atoms with E-state index in [2.05, 4.69) is 36.2 Å². The number of nitrogens with zero attached hydrogens (tertiary/aromatic N) is 4. The first-order chi connectivity index (χ1) is 24.9. The van der Waals surface area contributed by atoms with E-state index < -0.39 is 26.8 Å². The van der Waals surface area contributed by atoms with Gasteiger partial charge in [0, 0.05) is 48.6 Å². The van der Waals surface area contributed by atoms with Crippen LogP contribution in [0.1, 0.15) is 86.0 Å². The number of carbonyl (C=O) groups is 1. The second kappa shape index (κ2) is 13.9. The molecule has 6 atom stereocenters. The standard InChI is InChI=1S/C40H50ClN5O5S/c1-27-5-3-15-40(48,24-44-17-13-33-21-42-16-18-45(33)26-44)35-10-7-31(35)22-46-23-39(14-4-6-29-19-32(41)9-11-34(29)39)25-51-37-12-8-30(20-36(37)46)38(47)43-52(49,50)28(27)2/h8-9,11-12,16,18-21,27-28,31,35,48H,3-7,10,13-15,17,22-26H2,1-2H3/p+1/t27-,28+,31-,35+,39-,40+/m0/s1. The summed E-state index contributed by atoms with van der Waals surface area (Å²) in [5.74, 6) is 0.165. The summed E-state index contributed by atoms with van der Waals surface area (Å²) in [4.78, 5) is 22.7. The predicted octanol–water partition coefficient (Wildman–Crippen LogP) is 5.04. The summed E-state index contributed by atoms with van der Waals surface area (Å²) >= 11 is 6.48. The number of nitrogens with one attached hydrogen (secondary N) is 1. The number of fused-ring (bicyclic) bond motifs is 5. The third kappa shape index (κ3) is 6.71. The lowest BCUT2D eigenvalue weighted by atomic mass is 9.62. The van der Waals surface area contributed by atoms with E-state index >= 15 is 0 Å². The van der Waals surface area contributed by atoms with E-state index in [-0.39, 0.29) is 28.7 Å². The first kappa shape index (κ1) is 35.8. The Morgan fingerprint density at radius 2 is 1.96 bits per heavy atom. The summed E-state index contributed by atoms with van der Waals surface area (Å²) in [5.41, 5.74) is 3.55. The molecule has 10 nitrogen and oxygen atoms in total. The molecule has 0 radical (unpaired) electrons. The van der Waals surface area contributed by atoms with Crippen molar-refractivity contribution in [1.29, 1.82) is 0 Å². The molecule has 2 N–H and O–H groups in total. The van der Waals surface area contributed by atoms with Gasteiger partial charge in [-0.2, -0.15) is 4.57 Å². The summed E-state index contributed by atoms with van der Waals surface area (Å²) in [6.45, 7) is 7.59. The van der Waals surface area contributed by atoms with Gasteiger partial charge in [-0.05, 0) is 111 Å². The molecule has 2 aliphatic carbocycles. The van der Waals surface area contributed by atoms with E-state index in [1.165, 1.54) is 16.8 Å². The molecule has 1 saturated carbocycles. The number of benzene rings is 2. The van der Waals surface area contributed by atoms with Gasteiger partial charge < -0.3 is 14.7 Å². The van der Waals surface area contributed by atoms with Crippen LogP contribution in [0.25, 0.3) is 0 Å². The molecular weight excluding hydrogens is 698 g/mol. The van der Waals surface area contributed by atoms with Crippen LogP contribution in [0.5, 0.6) is 5.75 Å². The Kier molecular flexibility index (Phi) is 9.54. The van der Waals surface area contributed by atoms with Crippen LogP contribution in [-0.2, 0) is 34.9 Å². The number of halogens is 1. The van der Waals surface area contributed by atoms with Crippen molar-refractivity contribution in [2.45, 2.75) is 94.6 Å². The number of hydrogen-bond acceptors (Lipinski definition) is 8. The zero-order valence-corrected chi connectivity index (χ0v) is 31.8. The fourth-order valence-electron chi connectivity index (χ4n) is 9.81. The Bertz CT molecular complexity index is 1960. The van der Waals surface area contributed by atoms with E-state index in [0.717, 1.165) is 55.8 Å². The van der Waals surface area contributed by atoms with Crippen LogP contribution < -0.4 is 18.9 Å². The highest BCUT2D eigenvalue weighted by Crippen LogP contribution is 2.49. The summed E-state index contributed by atoms with van der Waals surface area (Å²) in [6, 6.07) is 11.5. The number of ether oxygens (including phenoxy) is 1. The molecule has 0 unspecified atom stereocenters. The van der Waals surface area contributed by atoms with Crippen LogP contribution in [0.4, 0.5) is 5.69 Å². The minimum absolute atomic E-state index is 0.0770. The maximum atomic E-state index is 13.6. The summed E-state index contributed by atoms with van der Waals surface area (Å²) < 4.78 is 38.4. The first-order valence-corrected chi connectivity index (χ1v) is 21.0. The largest absolute Gasteiger partial charge is 0.490 e. The molecule has 1 spiro atoms. The van der Waals surface area contributed by atoms with Crippen LogP contribution >= 0.6 is 11.6 Å². The van der Waals surface area contributed by atoms with Gasteiger partial charge in [0.05, 0.1) is 35.5 Å². The Hall–Kier alpha value is -3.25. The molecule has 2 aromatic carbocycles. The van der Waals surface area contributed by atoms with Crippen molar-refractivity contribution < 1.29 is 27.6 Å². The number of rotatable bonds is 2. The Morgan fingerprint density at radius 1 is 1.10 bits per heavy atom. The summed E-state index contributed by atoms with van der Waals surface area (Å²) in [5, 5.41) is 12.8. The second-order valence-corrected chi connectivity index (χ2v) is 18.8. The van der Waals surface area contributed by atoms with Gasteiger partial charge in [-0.15, -0.1) is 0 Å². The average Bonchev–Trinajstić information content (AvgIpc) is 3.25. The number of amides is 1. The summed E-state index contributed by atoms with van der Waals surface area (Å²) in [6.07, 6.45) is 13.4. The Labute approximate surface area is 312 Å². The van der Waals surface area contributed by atoms with Crippen molar-refractivity contribution in [3.05, 3.63) is 82.4 Å². The van der Waals surface area contributed by atoms with Crippen LogP contribution in [-0.4, -0.2) is 73.0 Å². The molecule has 12 heteroatoms. The van der Waals surface area contributed by atoms with Crippen molar-refractivity contribution in [2.75, 3.05) is 37.7 Å². The van der Waals surface area contributed by atoms with Gasteiger partial charge in [-0.1, -0.05) is 31.0 Å². The maximum absolute atomic E-state index is 13.6. The molecule has 2 bridgehead atoms. The first-order valence-electron chi connectivity index (χ1n) is 19.1. The molecule has 3 aliphatic heterocycles. The molecular formula is C40H51ClN5O5S+. The second-order valence-electron chi connectivity index (χ2n) is 16.4. The molecule has 1 amide bonds. The lowest BCUT2D eigenvalue weighted by molar-refractivity contribution is -0.729. The fraction of sp³-hybridized carbons (Fsp3) is 0.575. The molecule has 1 fully saturated rings. The Morgan fingerprint density at radius 3 is 2.79 bits per heavy atom. The average molecular weight is 749 g/mol.